The Labute approximate surface area is 175 Å². The predicted molar refractivity (Wildman–Crippen MR) is 113 cm³/mol. The molecular formula is C21H27ClN2O3S. The molecule has 1 aliphatic rings. The third-order valence-electron chi connectivity index (χ3n) is 4.79. The molecule has 1 aromatic carbocycles. The van der Waals surface area contributed by atoms with Gasteiger partial charge < -0.3 is 14.8 Å². The lowest BCUT2D eigenvalue weighted by molar-refractivity contribution is -0.121. The summed E-state index contributed by atoms with van der Waals surface area (Å²) in [7, 11) is 0. The highest BCUT2D eigenvalue weighted by atomic mass is 35.5. The number of hydrogen-bond donors (Lipinski definition) is 1. The van der Waals surface area contributed by atoms with Crippen molar-refractivity contribution < 1.29 is 14.3 Å². The van der Waals surface area contributed by atoms with Crippen LogP contribution in [0.2, 0.25) is 5.02 Å². The Balaban J connectivity index is 1.42. The van der Waals surface area contributed by atoms with Crippen molar-refractivity contribution in [2.45, 2.75) is 25.8 Å². The van der Waals surface area contributed by atoms with Crippen LogP contribution in [0.25, 0.3) is 0 Å². The maximum absolute atomic E-state index is 12.3. The van der Waals surface area contributed by atoms with E-state index in [1.165, 1.54) is 4.88 Å². The highest BCUT2D eigenvalue weighted by molar-refractivity contribution is 7.10. The zero-order valence-corrected chi connectivity index (χ0v) is 17.7. The number of ether oxygens (including phenoxy) is 2. The summed E-state index contributed by atoms with van der Waals surface area (Å²) in [5.74, 6) is 0.876. The zero-order valence-electron chi connectivity index (χ0n) is 16.2. The lowest BCUT2D eigenvalue weighted by Crippen LogP contribution is -2.43. The fourth-order valence-electron chi connectivity index (χ4n) is 3.27. The lowest BCUT2D eigenvalue weighted by Gasteiger charge is -2.34. The molecule has 1 aromatic heterocycles. The van der Waals surface area contributed by atoms with E-state index >= 15 is 0 Å². The topological polar surface area (TPSA) is 50.8 Å². The Bertz CT molecular complexity index is 748. The molecule has 0 aliphatic carbocycles. The summed E-state index contributed by atoms with van der Waals surface area (Å²) in [4.78, 5) is 16.0. The average Bonchev–Trinajstić information content (AvgIpc) is 3.22. The molecule has 0 spiro atoms. The highest BCUT2D eigenvalue weighted by Crippen LogP contribution is 2.25. The van der Waals surface area contributed by atoms with Gasteiger partial charge in [0.25, 0.3) is 0 Å². The smallest absolute Gasteiger partial charge is 0.220 e. The molecule has 0 radical (unpaired) electrons. The minimum Gasteiger partial charge on any atom is -0.493 e. The molecule has 5 nitrogen and oxygen atoms in total. The van der Waals surface area contributed by atoms with Crippen LogP contribution < -0.4 is 10.1 Å². The average molecular weight is 423 g/mol. The molecule has 1 saturated heterocycles. The second-order valence-corrected chi connectivity index (χ2v) is 8.26. The minimum atomic E-state index is 0.0613. The summed E-state index contributed by atoms with van der Waals surface area (Å²) in [5, 5.41) is 5.88. The van der Waals surface area contributed by atoms with Crippen LogP contribution in [-0.2, 0) is 9.53 Å². The molecule has 28 heavy (non-hydrogen) atoms. The number of halogens is 1. The van der Waals surface area contributed by atoms with Crippen molar-refractivity contribution in [3.8, 4) is 5.75 Å². The molecule has 1 N–H and O–H groups in total. The molecule has 7 heteroatoms. The van der Waals surface area contributed by atoms with Crippen LogP contribution in [0.1, 0.15) is 29.3 Å². The fraction of sp³-hybridized carbons (Fsp3) is 0.476. The van der Waals surface area contributed by atoms with Crippen molar-refractivity contribution >= 4 is 28.8 Å². The van der Waals surface area contributed by atoms with E-state index in [4.69, 9.17) is 21.1 Å². The largest absolute Gasteiger partial charge is 0.493 e. The van der Waals surface area contributed by atoms with Crippen LogP contribution in [0.3, 0.4) is 0 Å². The minimum absolute atomic E-state index is 0.0613. The first kappa shape index (κ1) is 21.1. The van der Waals surface area contributed by atoms with E-state index in [1.54, 1.807) is 11.3 Å². The molecular weight excluding hydrogens is 396 g/mol. The Hall–Kier alpha value is -1.60. The Morgan fingerprint density at radius 2 is 2.18 bits per heavy atom. The normalized spacial score (nSPS) is 15.9. The number of nitrogens with one attached hydrogen (secondary N) is 1. The van der Waals surface area contributed by atoms with Crippen LogP contribution in [0.15, 0.2) is 35.7 Å². The second kappa shape index (κ2) is 10.8. The standard InChI is InChI=1S/C21H27ClN2O3S/c1-16-14-17(22)6-7-19(16)27-10-2-5-21(25)23-15-18(20-4-3-13-28-20)24-8-11-26-12-9-24/h3-4,6-7,13-14,18H,2,5,8-12,15H2,1H3,(H,23,25)/t18-/m1/s1. The first-order valence-corrected chi connectivity index (χ1v) is 10.9. The van der Waals surface area contributed by atoms with Gasteiger partial charge in [0.1, 0.15) is 5.75 Å². The van der Waals surface area contributed by atoms with Gasteiger partial charge in [0.15, 0.2) is 0 Å². The summed E-state index contributed by atoms with van der Waals surface area (Å²) in [6.45, 7) is 6.38. The van der Waals surface area contributed by atoms with Crippen LogP contribution in [-0.4, -0.2) is 50.3 Å². The summed E-state index contributed by atoms with van der Waals surface area (Å²) in [5.41, 5.74) is 1.00. The first-order valence-electron chi connectivity index (χ1n) is 9.64. The molecule has 152 valence electrons. The highest BCUT2D eigenvalue weighted by Gasteiger charge is 2.23. The van der Waals surface area contributed by atoms with Gasteiger partial charge >= 0.3 is 0 Å². The van der Waals surface area contributed by atoms with Crippen LogP contribution in [0.5, 0.6) is 5.75 Å². The van der Waals surface area contributed by atoms with E-state index in [9.17, 15) is 4.79 Å². The summed E-state index contributed by atoms with van der Waals surface area (Å²) >= 11 is 7.69. The number of hydrogen-bond acceptors (Lipinski definition) is 5. The van der Waals surface area contributed by atoms with E-state index in [-0.39, 0.29) is 11.9 Å². The van der Waals surface area contributed by atoms with Gasteiger partial charge in [-0.2, -0.15) is 0 Å². The number of rotatable bonds is 9. The van der Waals surface area contributed by atoms with E-state index in [0.717, 1.165) is 37.6 Å². The maximum Gasteiger partial charge on any atom is 0.220 e. The molecule has 0 unspecified atom stereocenters. The second-order valence-electron chi connectivity index (χ2n) is 6.85. The van der Waals surface area contributed by atoms with Crippen molar-refractivity contribution in [1.29, 1.82) is 0 Å². The molecule has 1 atom stereocenters. The van der Waals surface area contributed by atoms with Gasteiger partial charge in [-0.1, -0.05) is 17.7 Å². The third kappa shape index (κ3) is 6.21. The summed E-state index contributed by atoms with van der Waals surface area (Å²) in [6.07, 6.45) is 1.13. The van der Waals surface area contributed by atoms with E-state index in [1.807, 2.05) is 25.1 Å². The molecule has 3 rings (SSSR count). The lowest BCUT2D eigenvalue weighted by atomic mass is 10.2. The van der Waals surface area contributed by atoms with E-state index < -0.39 is 0 Å². The number of nitrogens with zero attached hydrogens (tertiary/aromatic N) is 1. The van der Waals surface area contributed by atoms with Gasteiger partial charge in [0, 0.05) is 36.0 Å². The Morgan fingerprint density at radius 1 is 1.36 bits per heavy atom. The monoisotopic (exact) mass is 422 g/mol. The SMILES string of the molecule is Cc1cc(Cl)ccc1OCCCC(=O)NC[C@H](c1cccs1)N1CCOCC1. The number of amides is 1. The van der Waals surface area contributed by atoms with Crippen LogP contribution in [0.4, 0.5) is 0 Å². The van der Waals surface area contributed by atoms with Crippen molar-refractivity contribution in [1.82, 2.24) is 10.2 Å². The van der Waals surface area contributed by atoms with Gasteiger partial charge in [-0.05, 0) is 48.6 Å². The first-order chi connectivity index (χ1) is 13.6. The quantitative estimate of drug-likeness (QED) is 0.619. The van der Waals surface area contributed by atoms with Crippen molar-refractivity contribution in [3.63, 3.8) is 0 Å². The number of morpholine rings is 1. The number of thiophene rings is 1. The van der Waals surface area contributed by atoms with E-state index in [2.05, 4.69) is 27.7 Å². The molecule has 1 amide bonds. The molecule has 1 aliphatic heterocycles. The van der Waals surface area contributed by atoms with Gasteiger partial charge in [-0.15, -0.1) is 11.3 Å². The Kier molecular flexibility index (Phi) is 8.15. The van der Waals surface area contributed by atoms with Gasteiger partial charge in [-0.3, -0.25) is 9.69 Å². The molecule has 2 aromatic rings. The predicted octanol–water partition coefficient (Wildman–Crippen LogP) is 4.06. The molecule has 0 bridgehead atoms. The van der Waals surface area contributed by atoms with Crippen LogP contribution >= 0.6 is 22.9 Å². The van der Waals surface area contributed by atoms with Crippen molar-refractivity contribution in [2.75, 3.05) is 39.5 Å². The number of carbonyl (C=O) groups excluding carboxylic acids is 1. The Morgan fingerprint density at radius 3 is 2.89 bits per heavy atom. The fourth-order valence-corrected chi connectivity index (χ4v) is 4.36. The molecule has 1 fully saturated rings. The third-order valence-corrected chi connectivity index (χ3v) is 6.00. The zero-order chi connectivity index (χ0) is 19.8. The van der Waals surface area contributed by atoms with Gasteiger partial charge in [-0.25, -0.2) is 0 Å². The van der Waals surface area contributed by atoms with Crippen molar-refractivity contribution in [3.05, 3.63) is 51.2 Å². The maximum atomic E-state index is 12.3. The molecule has 0 saturated carbocycles. The van der Waals surface area contributed by atoms with Gasteiger partial charge in [0.2, 0.25) is 5.91 Å². The van der Waals surface area contributed by atoms with Crippen LogP contribution in [0, 0.1) is 6.92 Å². The summed E-state index contributed by atoms with van der Waals surface area (Å²) in [6, 6.07) is 9.96. The van der Waals surface area contributed by atoms with Gasteiger partial charge in [0.05, 0.1) is 25.9 Å². The number of benzene rings is 1. The van der Waals surface area contributed by atoms with Crippen molar-refractivity contribution in [2.24, 2.45) is 0 Å². The van der Waals surface area contributed by atoms with E-state index in [0.29, 0.717) is 31.0 Å². The molecule has 2 heterocycles. The summed E-state index contributed by atoms with van der Waals surface area (Å²) < 4.78 is 11.2. The number of carbonyl (C=O) groups is 1. The number of aryl methyl sites for hydroxylation is 1.